The largest absolute Gasteiger partial charge is 0.481 e. The molecule has 1 heterocycles. The first-order valence-corrected chi connectivity index (χ1v) is 6.34. The van der Waals surface area contributed by atoms with Crippen molar-refractivity contribution in [1.29, 1.82) is 0 Å². The van der Waals surface area contributed by atoms with Crippen LogP contribution < -0.4 is 11.1 Å². The predicted molar refractivity (Wildman–Crippen MR) is 77.9 cm³/mol. The van der Waals surface area contributed by atoms with E-state index in [0.29, 0.717) is 12.2 Å². The van der Waals surface area contributed by atoms with Crippen LogP contribution in [0.25, 0.3) is 0 Å². The van der Waals surface area contributed by atoms with E-state index in [2.05, 4.69) is 10.3 Å². The second kappa shape index (κ2) is 6.51. The average molecular weight is 285 g/mol. The minimum Gasteiger partial charge on any atom is -0.481 e. The first-order chi connectivity index (χ1) is 10.1. The van der Waals surface area contributed by atoms with Crippen LogP contribution in [-0.4, -0.2) is 22.0 Å². The van der Waals surface area contributed by atoms with Crippen LogP contribution in [0.15, 0.2) is 42.6 Å². The van der Waals surface area contributed by atoms with E-state index >= 15 is 0 Å². The Morgan fingerprint density at radius 1 is 1.19 bits per heavy atom. The zero-order valence-corrected chi connectivity index (χ0v) is 11.2. The lowest BCUT2D eigenvalue weighted by molar-refractivity contribution is -0.136. The van der Waals surface area contributed by atoms with Crippen molar-refractivity contribution in [3.05, 3.63) is 59.4 Å². The lowest BCUT2D eigenvalue weighted by Gasteiger charge is -2.10. The second-order valence-electron chi connectivity index (χ2n) is 4.49. The molecule has 1 aromatic heterocycles. The molecule has 1 aromatic carbocycles. The molecule has 0 saturated heterocycles. The van der Waals surface area contributed by atoms with Crippen LogP contribution in [0, 0.1) is 0 Å². The van der Waals surface area contributed by atoms with Gasteiger partial charge in [-0.25, -0.2) is 0 Å². The third kappa shape index (κ3) is 4.04. The minimum atomic E-state index is -0.873. The number of hydrogen-bond donors (Lipinski definition) is 3. The maximum Gasteiger partial charge on any atom is 0.307 e. The fourth-order valence-electron chi connectivity index (χ4n) is 1.94. The number of aromatic nitrogens is 1. The van der Waals surface area contributed by atoms with Gasteiger partial charge in [0, 0.05) is 18.4 Å². The van der Waals surface area contributed by atoms with Gasteiger partial charge in [0.25, 0.3) is 5.91 Å². The van der Waals surface area contributed by atoms with Crippen molar-refractivity contribution in [3.63, 3.8) is 0 Å². The third-order valence-electron chi connectivity index (χ3n) is 2.96. The highest BCUT2D eigenvalue weighted by Gasteiger charge is 2.07. The summed E-state index contributed by atoms with van der Waals surface area (Å²) in [4.78, 5) is 25.8. The van der Waals surface area contributed by atoms with Crippen LogP contribution in [-0.2, 0) is 17.8 Å². The maximum atomic E-state index is 11.1. The molecule has 2 aromatic rings. The van der Waals surface area contributed by atoms with Gasteiger partial charge in [-0.1, -0.05) is 24.3 Å². The van der Waals surface area contributed by atoms with Gasteiger partial charge in [0.15, 0.2) is 0 Å². The maximum absolute atomic E-state index is 11.1. The second-order valence-corrected chi connectivity index (χ2v) is 4.49. The van der Waals surface area contributed by atoms with Crippen LogP contribution in [0.5, 0.6) is 0 Å². The summed E-state index contributed by atoms with van der Waals surface area (Å²) in [7, 11) is 0. The number of nitrogens with one attached hydrogen (secondary N) is 1. The van der Waals surface area contributed by atoms with Gasteiger partial charge in [-0.2, -0.15) is 0 Å². The van der Waals surface area contributed by atoms with Gasteiger partial charge < -0.3 is 16.2 Å². The van der Waals surface area contributed by atoms with E-state index in [1.165, 1.54) is 6.20 Å². The molecule has 0 spiro atoms. The van der Waals surface area contributed by atoms with Gasteiger partial charge in [-0.05, 0) is 23.3 Å². The molecule has 6 nitrogen and oxygen atoms in total. The average Bonchev–Trinajstić information content (AvgIpc) is 2.46. The van der Waals surface area contributed by atoms with Crippen LogP contribution in [0.3, 0.4) is 0 Å². The van der Waals surface area contributed by atoms with Crippen LogP contribution >= 0.6 is 0 Å². The molecular formula is C15H15N3O3. The summed E-state index contributed by atoms with van der Waals surface area (Å²) >= 11 is 0. The molecule has 0 unspecified atom stereocenters. The summed E-state index contributed by atoms with van der Waals surface area (Å²) in [6, 6.07) is 10.6. The highest BCUT2D eigenvalue weighted by molar-refractivity contribution is 5.91. The number of nitrogens with two attached hydrogens (primary N) is 1. The molecule has 1 amide bonds. The van der Waals surface area contributed by atoms with Gasteiger partial charge in [-0.15, -0.1) is 0 Å². The number of anilines is 1. The van der Waals surface area contributed by atoms with Crippen LogP contribution in [0.1, 0.15) is 21.6 Å². The van der Waals surface area contributed by atoms with Crippen molar-refractivity contribution < 1.29 is 14.7 Å². The molecule has 2 rings (SSSR count). The standard InChI is InChI=1S/C15H15N3O3/c16-15(21)13-8-12(5-6-17-13)18-9-11-4-2-1-3-10(11)7-14(19)20/h1-6,8H,7,9H2,(H2,16,21)(H,17,18)(H,19,20). The Balaban J connectivity index is 2.11. The summed E-state index contributed by atoms with van der Waals surface area (Å²) in [5, 5.41) is 12.0. The van der Waals surface area contributed by atoms with E-state index < -0.39 is 11.9 Å². The van der Waals surface area contributed by atoms with Crippen molar-refractivity contribution in [1.82, 2.24) is 4.98 Å². The third-order valence-corrected chi connectivity index (χ3v) is 2.96. The van der Waals surface area contributed by atoms with Crippen LogP contribution in [0.4, 0.5) is 5.69 Å². The summed E-state index contributed by atoms with van der Waals surface area (Å²) in [6.07, 6.45) is 1.46. The van der Waals surface area contributed by atoms with Gasteiger partial charge >= 0.3 is 5.97 Å². The van der Waals surface area contributed by atoms with E-state index in [1.807, 2.05) is 12.1 Å². The number of aliphatic carboxylic acids is 1. The van der Waals surface area contributed by atoms with Gasteiger partial charge in [-0.3, -0.25) is 14.6 Å². The number of nitrogens with zero attached hydrogens (tertiary/aromatic N) is 1. The fraction of sp³-hybridized carbons (Fsp3) is 0.133. The predicted octanol–water partition coefficient (Wildman–Crippen LogP) is 1.42. The summed E-state index contributed by atoms with van der Waals surface area (Å²) in [5.74, 6) is -1.47. The molecule has 6 heteroatoms. The highest BCUT2D eigenvalue weighted by atomic mass is 16.4. The van der Waals surface area contributed by atoms with Gasteiger partial charge in [0.2, 0.25) is 0 Å². The zero-order valence-electron chi connectivity index (χ0n) is 11.2. The molecular weight excluding hydrogens is 270 g/mol. The molecule has 0 bridgehead atoms. The quantitative estimate of drug-likeness (QED) is 0.744. The van der Waals surface area contributed by atoms with Crippen molar-refractivity contribution >= 4 is 17.6 Å². The number of primary amides is 1. The van der Waals surface area contributed by atoms with Crippen molar-refractivity contribution in [2.45, 2.75) is 13.0 Å². The number of rotatable bonds is 6. The Hall–Kier alpha value is -2.89. The topological polar surface area (TPSA) is 105 Å². The Labute approximate surface area is 121 Å². The molecule has 4 N–H and O–H groups in total. The molecule has 0 aliphatic rings. The van der Waals surface area contributed by atoms with E-state index in [-0.39, 0.29) is 12.1 Å². The molecule has 0 radical (unpaired) electrons. The smallest absolute Gasteiger partial charge is 0.307 e. The number of amides is 1. The summed E-state index contributed by atoms with van der Waals surface area (Å²) < 4.78 is 0. The molecule has 0 aliphatic carbocycles. The molecule has 0 aliphatic heterocycles. The number of carboxylic acid groups (broad SMARTS) is 1. The van der Waals surface area contributed by atoms with Gasteiger partial charge in [0.1, 0.15) is 5.69 Å². The fourth-order valence-corrected chi connectivity index (χ4v) is 1.94. The molecule has 108 valence electrons. The van der Waals surface area contributed by atoms with Crippen molar-refractivity contribution in [2.75, 3.05) is 5.32 Å². The monoisotopic (exact) mass is 285 g/mol. The molecule has 0 saturated carbocycles. The van der Waals surface area contributed by atoms with E-state index in [4.69, 9.17) is 10.8 Å². The lowest BCUT2D eigenvalue weighted by Crippen LogP contribution is -2.13. The number of benzene rings is 1. The SMILES string of the molecule is NC(=O)c1cc(NCc2ccccc2CC(=O)O)ccn1. The molecule has 21 heavy (non-hydrogen) atoms. The van der Waals surface area contributed by atoms with Crippen LogP contribution in [0.2, 0.25) is 0 Å². The highest BCUT2D eigenvalue weighted by Crippen LogP contribution is 2.14. The van der Waals surface area contributed by atoms with E-state index in [9.17, 15) is 9.59 Å². The number of carbonyl (C=O) groups is 2. The number of carbonyl (C=O) groups excluding carboxylic acids is 1. The normalized spacial score (nSPS) is 10.1. The number of carboxylic acids is 1. The van der Waals surface area contributed by atoms with Gasteiger partial charge in [0.05, 0.1) is 6.42 Å². The Morgan fingerprint density at radius 3 is 2.57 bits per heavy atom. The Bertz CT molecular complexity index is 671. The summed E-state index contributed by atoms with van der Waals surface area (Å²) in [6.45, 7) is 0.450. The lowest BCUT2D eigenvalue weighted by atomic mass is 10.0. The van der Waals surface area contributed by atoms with E-state index in [0.717, 1.165) is 11.1 Å². The first kappa shape index (κ1) is 14.5. The van der Waals surface area contributed by atoms with Crippen molar-refractivity contribution in [2.24, 2.45) is 5.73 Å². The minimum absolute atomic E-state index is 0.0270. The number of pyridine rings is 1. The zero-order chi connectivity index (χ0) is 15.2. The van der Waals surface area contributed by atoms with E-state index in [1.54, 1.807) is 24.3 Å². The molecule has 0 atom stereocenters. The van der Waals surface area contributed by atoms with Crippen molar-refractivity contribution in [3.8, 4) is 0 Å². The Kier molecular flexibility index (Phi) is 4.50. The summed E-state index contributed by atoms with van der Waals surface area (Å²) in [5.41, 5.74) is 7.69. The first-order valence-electron chi connectivity index (χ1n) is 6.34. The molecule has 0 fully saturated rings. The Morgan fingerprint density at radius 2 is 1.90 bits per heavy atom. The number of hydrogen-bond acceptors (Lipinski definition) is 4.